The normalized spacial score (nSPS) is 12.5. The molecule has 0 bridgehead atoms. The molecule has 0 aliphatic rings. The number of imidazole rings is 1. The van der Waals surface area contributed by atoms with Crippen LogP contribution in [-0.2, 0) is 10.5 Å². The second-order valence-electron chi connectivity index (χ2n) is 8.59. The highest BCUT2D eigenvalue weighted by molar-refractivity contribution is 7.98. The van der Waals surface area contributed by atoms with Gasteiger partial charge in [-0.2, -0.15) is 0 Å². The van der Waals surface area contributed by atoms with E-state index in [4.69, 9.17) is 25.7 Å². The number of thioether (sulfide) groups is 1. The van der Waals surface area contributed by atoms with Crippen LogP contribution in [0.1, 0.15) is 41.4 Å². The molecule has 0 fully saturated rings. The minimum absolute atomic E-state index is 0.178. The summed E-state index contributed by atoms with van der Waals surface area (Å²) in [7, 11) is 0. The number of hydrogen-bond donors (Lipinski definition) is 1. The van der Waals surface area contributed by atoms with Crippen LogP contribution in [0.5, 0.6) is 0 Å². The largest absolute Gasteiger partial charge is 0.501 e. The molecule has 1 unspecified atom stereocenters. The maximum atomic E-state index is 14.5. The van der Waals surface area contributed by atoms with Gasteiger partial charge >= 0.3 is 0 Å². The summed E-state index contributed by atoms with van der Waals surface area (Å²) in [5.41, 5.74) is 3.48. The number of benzene rings is 3. The summed E-state index contributed by atoms with van der Waals surface area (Å²) >= 11 is 7.51. The minimum atomic E-state index is -1.16. The van der Waals surface area contributed by atoms with Gasteiger partial charge in [0.1, 0.15) is 23.3 Å². The number of oxazole rings is 1. The van der Waals surface area contributed by atoms with Crippen molar-refractivity contribution in [3.05, 3.63) is 112 Å². The number of halogens is 3. The Hall–Kier alpha value is -3.66. The van der Waals surface area contributed by atoms with Crippen molar-refractivity contribution in [1.29, 1.82) is 0 Å². The van der Waals surface area contributed by atoms with E-state index in [1.54, 1.807) is 60.0 Å². The first-order chi connectivity index (χ1) is 18.9. The fourth-order valence-electron chi connectivity index (χ4n) is 4.15. The van der Waals surface area contributed by atoms with Gasteiger partial charge in [0.05, 0.1) is 24.3 Å². The lowest BCUT2D eigenvalue weighted by Crippen LogP contribution is -2.10. The van der Waals surface area contributed by atoms with E-state index in [2.05, 4.69) is 4.98 Å². The predicted octanol–water partition coefficient (Wildman–Crippen LogP) is 7.63. The molecule has 10 heteroatoms. The molecule has 0 spiro atoms. The Labute approximate surface area is 232 Å². The number of hydrogen-bond acceptors (Lipinski definition) is 6. The second-order valence-corrected chi connectivity index (χ2v) is 9.94. The fraction of sp³-hybridized carbons (Fsp3) is 0.172. The highest BCUT2D eigenvalue weighted by atomic mass is 35.5. The number of fused-ring (bicyclic) bond motifs is 1. The fourth-order valence-corrected chi connectivity index (χ4v) is 5.52. The molecule has 2 aromatic heterocycles. The summed E-state index contributed by atoms with van der Waals surface area (Å²) in [6.45, 7) is 4.05. The molecule has 0 aliphatic heterocycles. The summed E-state index contributed by atoms with van der Waals surface area (Å²) in [6.07, 6.45) is 1.99. The number of ether oxygens (including phenoxy) is 1. The zero-order valence-corrected chi connectivity index (χ0v) is 22.6. The van der Waals surface area contributed by atoms with E-state index < -0.39 is 17.7 Å². The zero-order valence-electron chi connectivity index (χ0n) is 21.1. The average Bonchev–Trinajstić information content (AvgIpc) is 3.47. The van der Waals surface area contributed by atoms with Gasteiger partial charge in [0.15, 0.2) is 16.6 Å². The van der Waals surface area contributed by atoms with Crippen LogP contribution >= 0.6 is 23.4 Å². The van der Waals surface area contributed by atoms with Crippen LogP contribution in [0, 0.1) is 18.6 Å². The third kappa shape index (κ3) is 5.71. The molecule has 3 aromatic carbocycles. The first kappa shape index (κ1) is 26.9. The third-order valence-electron chi connectivity index (χ3n) is 5.99. The molecule has 0 amide bonds. The van der Waals surface area contributed by atoms with E-state index in [9.17, 15) is 13.9 Å². The van der Waals surface area contributed by atoms with Gasteiger partial charge in [-0.3, -0.25) is 4.57 Å². The maximum Gasteiger partial charge on any atom is 0.192 e. The highest BCUT2D eigenvalue weighted by Gasteiger charge is 2.26. The molecule has 0 saturated carbocycles. The van der Waals surface area contributed by atoms with Gasteiger partial charge in [-0.1, -0.05) is 35.5 Å². The van der Waals surface area contributed by atoms with E-state index in [0.29, 0.717) is 62.0 Å². The SMILES string of the molecule is CCO/C=C\c1nc(SCc2c(F)cccc2Cl)n(-c2ccc(F)cc2)c1C(O)c1ccc2nc(C)oc2c1. The van der Waals surface area contributed by atoms with E-state index in [1.807, 2.05) is 6.92 Å². The van der Waals surface area contributed by atoms with E-state index in [-0.39, 0.29) is 5.75 Å². The van der Waals surface area contributed by atoms with Gasteiger partial charge < -0.3 is 14.3 Å². The number of aryl methyl sites for hydroxylation is 1. The number of aliphatic hydroxyl groups is 1. The molecule has 0 radical (unpaired) electrons. The topological polar surface area (TPSA) is 73.3 Å². The summed E-state index contributed by atoms with van der Waals surface area (Å²) in [5.74, 6) is -0.144. The van der Waals surface area contributed by atoms with Crippen LogP contribution in [0.2, 0.25) is 5.02 Å². The molecule has 6 nitrogen and oxygen atoms in total. The van der Waals surface area contributed by atoms with Crippen LogP contribution in [-0.4, -0.2) is 26.2 Å². The molecule has 0 aliphatic carbocycles. The Balaban J connectivity index is 1.66. The first-order valence-electron chi connectivity index (χ1n) is 12.1. The molecule has 200 valence electrons. The predicted molar refractivity (Wildman–Crippen MR) is 148 cm³/mol. The summed E-state index contributed by atoms with van der Waals surface area (Å²) in [5, 5.41) is 12.5. The average molecular weight is 568 g/mol. The summed E-state index contributed by atoms with van der Waals surface area (Å²) in [6, 6.07) is 15.6. The van der Waals surface area contributed by atoms with E-state index in [1.165, 1.54) is 36.2 Å². The van der Waals surface area contributed by atoms with Crippen molar-refractivity contribution in [1.82, 2.24) is 14.5 Å². The van der Waals surface area contributed by atoms with Crippen molar-refractivity contribution in [2.75, 3.05) is 6.61 Å². The molecular weight excluding hydrogens is 544 g/mol. The van der Waals surface area contributed by atoms with E-state index in [0.717, 1.165) is 0 Å². The monoisotopic (exact) mass is 567 g/mol. The lowest BCUT2D eigenvalue weighted by molar-refractivity contribution is 0.212. The minimum Gasteiger partial charge on any atom is -0.501 e. The lowest BCUT2D eigenvalue weighted by atomic mass is 10.0. The Morgan fingerprint density at radius 3 is 2.67 bits per heavy atom. The van der Waals surface area contributed by atoms with Crippen molar-refractivity contribution < 1.29 is 23.0 Å². The highest BCUT2D eigenvalue weighted by Crippen LogP contribution is 2.36. The van der Waals surface area contributed by atoms with Crippen molar-refractivity contribution in [2.24, 2.45) is 0 Å². The molecule has 39 heavy (non-hydrogen) atoms. The zero-order chi connectivity index (χ0) is 27.5. The molecular formula is C29H24ClF2N3O3S. The summed E-state index contributed by atoms with van der Waals surface area (Å²) in [4.78, 5) is 9.10. The molecule has 5 aromatic rings. The van der Waals surface area contributed by atoms with Crippen LogP contribution in [0.25, 0.3) is 22.9 Å². The van der Waals surface area contributed by atoms with Crippen LogP contribution in [0.15, 0.2) is 76.5 Å². The number of aromatic nitrogens is 3. The Bertz CT molecular complexity index is 1630. The maximum absolute atomic E-state index is 14.5. The summed E-state index contributed by atoms with van der Waals surface area (Å²) < 4.78 is 41.2. The van der Waals surface area contributed by atoms with Gasteiger partial charge in [0.25, 0.3) is 0 Å². The number of aliphatic hydroxyl groups excluding tert-OH is 1. The van der Waals surface area contributed by atoms with Crippen molar-refractivity contribution >= 4 is 40.5 Å². The Morgan fingerprint density at radius 1 is 1.13 bits per heavy atom. The molecule has 0 saturated heterocycles. The Morgan fingerprint density at radius 2 is 1.92 bits per heavy atom. The number of nitrogens with zero attached hydrogens (tertiary/aromatic N) is 3. The van der Waals surface area contributed by atoms with Gasteiger partial charge in [0, 0.05) is 35.0 Å². The molecule has 2 heterocycles. The van der Waals surface area contributed by atoms with Crippen molar-refractivity contribution in [3.63, 3.8) is 0 Å². The smallest absolute Gasteiger partial charge is 0.192 e. The molecule has 1 N–H and O–H groups in total. The van der Waals surface area contributed by atoms with Gasteiger partial charge in [-0.05, 0) is 61.0 Å². The van der Waals surface area contributed by atoms with Gasteiger partial charge in [-0.25, -0.2) is 18.7 Å². The van der Waals surface area contributed by atoms with E-state index >= 15 is 0 Å². The number of rotatable bonds is 9. The van der Waals surface area contributed by atoms with Crippen LogP contribution in [0.3, 0.4) is 0 Å². The lowest BCUT2D eigenvalue weighted by Gasteiger charge is -2.17. The van der Waals surface area contributed by atoms with Gasteiger partial charge in [-0.15, -0.1) is 0 Å². The first-order valence-corrected chi connectivity index (χ1v) is 13.5. The second kappa shape index (κ2) is 11.6. The van der Waals surface area contributed by atoms with Crippen molar-refractivity contribution in [3.8, 4) is 5.69 Å². The Kier molecular flexibility index (Phi) is 8.02. The van der Waals surface area contributed by atoms with Crippen molar-refractivity contribution in [2.45, 2.75) is 30.9 Å². The van der Waals surface area contributed by atoms with Crippen LogP contribution in [0.4, 0.5) is 8.78 Å². The quantitative estimate of drug-likeness (QED) is 0.146. The van der Waals surface area contributed by atoms with Crippen LogP contribution < -0.4 is 0 Å². The molecule has 5 rings (SSSR count). The van der Waals surface area contributed by atoms with Gasteiger partial charge in [0.2, 0.25) is 0 Å². The molecule has 1 atom stereocenters. The third-order valence-corrected chi connectivity index (χ3v) is 7.30. The standard InChI is InChI=1S/C29H24ClF2N3O3S/c1-3-37-14-13-25-27(28(36)18-7-12-24-26(15-18)38-17(2)33-24)35(20-10-8-19(31)9-11-20)29(34-25)39-16-21-22(30)5-4-6-23(21)32/h4-15,28,36H,3,16H2,1-2H3/b14-13-.